The third kappa shape index (κ3) is 3.12. The standard InChI is InChI=1S/C16H23N3O2/c1-10(2)19-12(4)16(11(3)18-19)17-9-13-8-14(21-5)6-7-15(13)20/h6-8,10,17,20H,9H2,1-5H3. The number of hydrogen-bond donors (Lipinski definition) is 2. The highest BCUT2D eigenvalue weighted by molar-refractivity contribution is 5.53. The molecule has 0 bridgehead atoms. The van der Waals surface area contributed by atoms with Crippen molar-refractivity contribution in [2.75, 3.05) is 12.4 Å². The zero-order valence-corrected chi connectivity index (χ0v) is 13.3. The van der Waals surface area contributed by atoms with Crippen LogP contribution in [0.15, 0.2) is 18.2 Å². The molecule has 1 heterocycles. The highest BCUT2D eigenvalue weighted by atomic mass is 16.5. The molecule has 0 aliphatic rings. The number of nitrogens with one attached hydrogen (secondary N) is 1. The van der Waals surface area contributed by atoms with Gasteiger partial charge in [-0.25, -0.2) is 0 Å². The van der Waals surface area contributed by atoms with Gasteiger partial charge in [0.05, 0.1) is 24.2 Å². The molecule has 0 aliphatic carbocycles. The SMILES string of the molecule is COc1ccc(O)c(CNc2c(C)nn(C(C)C)c2C)c1. The minimum atomic E-state index is 0.259. The van der Waals surface area contributed by atoms with E-state index in [1.54, 1.807) is 19.2 Å². The number of benzene rings is 1. The first kappa shape index (κ1) is 15.2. The number of hydrogen-bond acceptors (Lipinski definition) is 4. The highest BCUT2D eigenvalue weighted by Crippen LogP contribution is 2.26. The van der Waals surface area contributed by atoms with Crippen LogP contribution in [0.3, 0.4) is 0 Å². The van der Waals surface area contributed by atoms with Crippen molar-refractivity contribution in [2.45, 2.75) is 40.3 Å². The van der Waals surface area contributed by atoms with Crippen molar-refractivity contribution in [1.29, 1.82) is 0 Å². The van der Waals surface area contributed by atoms with Gasteiger partial charge in [-0.15, -0.1) is 0 Å². The Bertz CT molecular complexity index is 633. The quantitative estimate of drug-likeness (QED) is 0.885. The van der Waals surface area contributed by atoms with Crippen LogP contribution in [0.25, 0.3) is 0 Å². The van der Waals surface area contributed by atoms with Crippen LogP contribution in [-0.4, -0.2) is 22.0 Å². The van der Waals surface area contributed by atoms with Gasteiger partial charge in [-0.3, -0.25) is 4.68 Å². The van der Waals surface area contributed by atoms with Crippen LogP contribution in [0, 0.1) is 13.8 Å². The van der Waals surface area contributed by atoms with E-state index in [1.165, 1.54) is 0 Å². The van der Waals surface area contributed by atoms with Gasteiger partial charge in [0.15, 0.2) is 0 Å². The van der Waals surface area contributed by atoms with E-state index in [9.17, 15) is 5.11 Å². The van der Waals surface area contributed by atoms with Gasteiger partial charge in [-0.05, 0) is 45.9 Å². The number of aromatic nitrogens is 2. The molecule has 0 saturated carbocycles. The molecule has 2 rings (SSSR count). The second-order valence-corrected chi connectivity index (χ2v) is 5.43. The summed E-state index contributed by atoms with van der Waals surface area (Å²) in [6, 6.07) is 5.54. The van der Waals surface area contributed by atoms with Crippen LogP contribution in [0.4, 0.5) is 5.69 Å². The van der Waals surface area contributed by atoms with Crippen molar-refractivity contribution in [3.8, 4) is 11.5 Å². The summed E-state index contributed by atoms with van der Waals surface area (Å²) in [5, 5.41) is 17.8. The summed E-state index contributed by atoms with van der Waals surface area (Å²) in [6.07, 6.45) is 0. The van der Waals surface area contributed by atoms with Gasteiger partial charge in [0.1, 0.15) is 11.5 Å². The lowest BCUT2D eigenvalue weighted by atomic mass is 10.2. The van der Waals surface area contributed by atoms with Gasteiger partial charge in [0.2, 0.25) is 0 Å². The van der Waals surface area contributed by atoms with Crippen molar-refractivity contribution < 1.29 is 9.84 Å². The van der Waals surface area contributed by atoms with Crippen molar-refractivity contribution >= 4 is 5.69 Å². The van der Waals surface area contributed by atoms with Crippen molar-refractivity contribution in [3.63, 3.8) is 0 Å². The topological polar surface area (TPSA) is 59.3 Å². The predicted molar refractivity (Wildman–Crippen MR) is 84.1 cm³/mol. The first-order chi connectivity index (χ1) is 9.93. The Balaban J connectivity index is 2.21. The van der Waals surface area contributed by atoms with Gasteiger partial charge in [-0.1, -0.05) is 0 Å². The minimum Gasteiger partial charge on any atom is -0.508 e. The van der Waals surface area contributed by atoms with Crippen LogP contribution in [0.1, 0.15) is 36.8 Å². The van der Waals surface area contributed by atoms with E-state index in [0.29, 0.717) is 12.6 Å². The fourth-order valence-corrected chi connectivity index (χ4v) is 2.44. The van der Waals surface area contributed by atoms with E-state index < -0.39 is 0 Å². The maximum atomic E-state index is 9.92. The summed E-state index contributed by atoms with van der Waals surface area (Å²) in [7, 11) is 1.62. The number of nitrogens with zero attached hydrogens (tertiary/aromatic N) is 2. The van der Waals surface area contributed by atoms with E-state index in [-0.39, 0.29) is 5.75 Å². The van der Waals surface area contributed by atoms with Crippen LogP contribution < -0.4 is 10.1 Å². The molecule has 2 aromatic rings. The van der Waals surface area contributed by atoms with E-state index >= 15 is 0 Å². The van der Waals surface area contributed by atoms with Crippen molar-refractivity contribution in [2.24, 2.45) is 0 Å². The molecular formula is C16H23N3O2. The maximum Gasteiger partial charge on any atom is 0.120 e. The molecule has 5 nitrogen and oxygen atoms in total. The number of methoxy groups -OCH3 is 1. The Hall–Kier alpha value is -2.17. The Kier molecular flexibility index (Phi) is 4.40. The van der Waals surface area contributed by atoms with E-state index in [4.69, 9.17) is 4.74 Å². The Morgan fingerprint density at radius 3 is 2.62 bits per heavy atom. The number of phenols is 1. The van der Waals surface area contributed by atoms with Crippen molar-refractivity contribution in [1.82, 2.24) is 9.78 Å². The lowest BCUT2D eigenvalue weighted by Gasteiger charge is -2.11. The summed E-state index contributed by atoms with van der Waals surface area (Å²) in [5.41, 5.74) is 3.88. The van der Waals surface area contributed by atoms with Gasteiger partial charge in [0, 0.05) is 18.2 Å². The molecule has 0 radical (unpaired) electrons. The second-order valence-electron chi connectivity index (χ2n) is 5.43. The number of rotatable bonds is 5. The van der Waals surface area contributed by atoms with E-state index in [2.05, 4.69) is 24.3 Å². The number of anilines is 1. The summed E-state index contributed by atoms with van der Waals surface area (Å²) < 4.78 is 7.19. The molecule has 0 spiro atoms. The van der Waals surface area contributed by atoms with Crippen LogP contribution in [-0.2, 0) is 6.54 Å². The van der Waals surface area contributed by atoms with Gasteiger partial charge in [0.25, 0.3) is 0 Å². The first-order valence-electron chi connectivity index (χ1n) is 7.09. The summed E-state index contributed by atoms with van der Waals surface area (Å²) in [5.74, 6) is 0.991. The molecular weight excluding hydrogens is 266 g/mol. The number of phenolic OH excluding ortho intramolecular Hbond substituents is 1. The molecule has 0 unspecified atom stereocenters. The Labute approximate surface area is 125 Å². The molecule has 2 N–H and O–H groups in total. The molecule has 5 heteroatoms. The third-order valence-corrected chi connectivity index (χ3v) is 3.56. The Morgan fingerprint density at radius 1 is 1.33 bits per heavy atom. The smallest absolute Gasteiger partial charge is 0.120 e. The predicted octanol–water partition coefficient (Wildman–Crippen LogP) is 3.41. The van der Waals surface area contributed by atoms with Gasteiger partial charge in [-0.2, -0.15) is 5.10 Å². The summed E-state index contributed by atoms with van der Waals surface area (Å²) >= 11 is 0. The maximum absolute atomic E-state index is 9.92. The molecule has 0 aliphatic heterocycles. The molecule has 0 saturated heterocycles. The second kappa shape index (κ2) is 6.08. The lowest BCUT2D eigenvalue weighted by molar-refractivity contribution is 0.411. The van der Waals surface area contributed by atoms with Gasteiger partial charge < -0.3 is 15.2 Å². The van der Waals surface area contributed by atoms with Crippen LogP contribution >= 0.6 is 0 Å². The fraction of sp³-hybridized carbons (Fsp3) is 0.438. The fourth-order valence-electron chi connectivity index (χ4n) is 2.44. The van der Waals surface area contributed by atoms with Crippen LogP contribution in [0.2, 0.25) is 0 Å². The average molecular weight is 289 g/mol. The number of ether oxygens (including phenoxy) is 1. The van der Waals surface area contributed by atoms with E-state index in [1.807, 2.05) is 24.6 Å². The lowest BCUT2D eigenvalue weighted by Crippen LogP contribution is -2.06. The first-order valence-corrected chi connectivity index (χ1v) is 7.09. The summed E-state index contributed by atoms with van der Waals surface area (Å²) in [4.78, 5) is 0. The molecule has 0 atom stereocenters. The monoisotopic (exact) mass is 289 g/mol. The summed E-state index contributed by atoms with van der Waals surface area (Å²) in [6.45, 7) is 8.77. The number of aromatic hydroxyl groups is 1. The molecule has 0 fully saturated rings. The zero-order valence-electron chi connectivity index (χ0n) is 13.3. The molecule has 1 aromatic heterocycles. The number of aryl methyl sites for hydroxylation is 1. The van der Waals surface area contributed by atoms with Crippen molar-refractivity contribution in [3.05, 3.63) is 35.2 Å². The largest absolute Gasteiger partial charge is 0.508 e. The third-order valence-electron chi connectivity index (χ3n) is 3.56. The normalized spacial score (nSPS) is 11.0. The van der Waals surface area contributed by atoms with Crippen LogP contribution in [0.5, 0.6) is 11.5 Å². The zero-order chi connectivity index (χ0) is 15.6. The van der Waals surface area contributed by atoms with Gasteiger partial charge >= 0.3 is 0 Å². The minimum absolute atomic E-state index is 0.259. The molecule has 21 heavy (non-hydrogen) atoms. The molecule has 0 amide bonds. The Morgan fingerprint density at radius 2 is 2.05 bits per heavy atom. The van der Waals surface area contributed by atoms with E-state index in [0.717, 1.165) is 28.4 Å². The average Bonchev–Trinajstić information content (AvgIpc) is 2.73. The molecule has 114 valence electrons. The highest BCUT2D eigenvalue weighted by Gasteiger charge is 2.13. The molecule has 1 aromatic carbocycles.